The number of rotatable bonds is 5. The van der Waals surface area contributed by atoms with Crippen LogP contribution in [0.25, 0.3) is 0 Å². The Hall–Kier alpha value is -2.28. The van der Waals surface area contributed by atoms with Crippen LogP contribution < -0.4 is 5.32 Å². The average molecular weight is 373 g/mol. The van der Waals surface area contributed by atoms with Crippen molar-refractivity contribution in [1.82, 2.24) is 10.1 Å². The minimum atomic E-state index is -0.138. The maximum absolute atomic E-state index is 12.7. The molecule has 7 heteroatoms. The van der Waals surface area contributed by atoms with Gasteiger partial charge in [-0.1, -0.05) is 23.4 Å². The van der Waals surface area contributed by atoms with Crippen molar-refractivity contribution >= 4 is 29.4 Å². The lowest BCUT2D eigenvalue weighted by Crippen LogP contribution is -2.44. The first-order valence-corrected chi connectivity index (χ1v) is 9.65. The van der Waals surface area contributed by atoms with Gasteiger partial charge in [0.1, 0.15) is 5.76 Å². The summed E-state index contributed by atoms with van der Waals surface area (Å²) in [5, 5.41) is 6.43. The highest BCUT2D eigenvalue weighted by Gasteiger charge is 2.30. The second-order valence-corrected chi connectivity index (χ2v) is 7.90. The molecule has 1 N–H and O–H groups in total. The first-order valence-electron chi connectivity index (χ1n) is 8.77. The smallest absolute Gasteiger partial charge is 0.235 e. The quantitative estimate of drug-likeness (QED) is 0.814. The van der Waals surface area contributed by atoms with E-state index in [-0.39, 0.29) is 23.0 Å². The van der Waals surface area contributed by atoms with Gasteiger partial charge in [-0.3, -0.25) is 9.59 Å². The molecule has 6 nitrogen and oxygen atoms in total. The van der Waals surface area contributed by atoms with Crippen LogP contribution in [-0.2, 0) is 9.59 Å². The highest BCUT2D eigenvalue weighted by atomic mass is 32.2. The van der Waals surface area contributed by atoms with Crippen molar-refractivity contribution in [2.24, 2.45) is 5.92 Å². The van der Waals surface area contributed by atoms with Gasteiger partial charge in [0.2, 0.25) is 11.8 Å². The number of aromatic nitrogens is 1. The lowest BCUT2D eigenvalue weighted by molar-refractivity contribution is -0.133. The minimum Gasteiger partial charge on any atom is -0.360 e. The SMILES string of the molecule is Cc1cc(NC(=O)C2CCN(C(=O)C(C)Sc3ccccc3)CC2)no1. The number of carbonyl (C=O) groups excluding carboxylic acids is 2. The van der Waals surface area contributed by atoms with Crippen molar-refractivity contribution in [2.45, 2.75) is 36.8 Å². The first kappa shape index (κ1) is 18.5. The average Bonchev–Trinajstić information content (AvgIpc) is 3.06. The van der Waals surface area contributed by atoms with Crippen LogP contribution in [0.4, 0.5) is 5.82 Å². The molecular formula is C19H23N3O3S. The van der Waals surface area contributed by atoms with Crippen LogP contribution >= 0.6 is 11.8 Å². The molecule has 0 saturated carbocycles. The Morgan fingerprint density at radius 3 is 2.58 bits per heavy atom. The van der Waals surface area contributed by atoms with Crippen molar-refractivity contribution in [2.75, 3.05) is 18.4 Å². The summed E-state index contributed by atoms with van der Waals surface area (Å²) in [7, 11) is 0. The van der Waals surface area contributed by atoms with E-state index in [9.17, 15) is 9.59 Å². The zero-order valence-corrected chi connectivity index (χ0v) is 15.8. The van der Waals surface area contributed by atoms with Gasteiger partial charge in [-0.2, -0.15) is 0 Å². The molecule has 0 radical (unpaired) electrons. The largest absolute Gasteiger partial charge is 0.360 e. The predicted molar refractivity (Wildman–Crippen MR) is 101 cm³/mol. The molecule has 1 aliphatic heterocycles. The third-order valence-electron chi connectivity index (χ3n) is 4.46. The molecule has 2 aromatic rings. The third-order valence-corrected chi connectivity index (χ3v) is 5.56. The fourth-order valence-corrected chi connectivity index (χ4v) is 4.00. The monoisotopic (exact) mass is 373 g/mol. The molecule has 1 saturated heterocycles. The van der Waals surface area contributed by atoms with Gasteiger partial charge in [0.05, 0.1) is 5.25 Å². The van der Waals surface area contributed by atoms with E-state index in [4.69, 9.17) is 4.52 Å². The number of thioether (sulfide) groups is 1. The van der Waals surface area contributed by atoms with Crippen LogP contribution in [0, 0.1) is 12.8 Å². The van der Waals surface area contributed by atoms with E-state index in [0.717, 1.165) is 4.90 Å². The fraction of sp³-hybridized carbons (Fsp3) is 0.421. The normalized spacial score (nSPS) is 16.3. The molecule has 138 valence electrons. The van der Waals surface area contributed by atoms with Crippen LogP contribution in [0.15, 0.2) is 45.8 Å². The summed E-state index contributed by atoms with van der Waals surface area (Å²) in [5.41, 5.74) is 0. The number of hydrogen-bond acceptors (Lipinski definition) is 5. The van der Waals surface area contributed by atoms with E-state index < -0.39 is 0 Å². The van der Waals surface area contributed by atoms with Gasteiger partial charge >= 0.3 is 0 Å². The van der Waals surface area contributed by atoms with E-state index in [0.29, 0.717) is 37.5 Å². The maximum Gasteiger partial charge on any atom is 0.235 e. The van der Waals surface area contributed by atoms with E-state index in [1.54, 1.807) is 24.8 Å². The molecule has 3 rings (SSSR count). The molecule has 1 aromatic carbocycles. The van der Waals surface area contributed by atoms with Crippen LogP contribution in [0.1, 0.15) is 25.5 Å². The Morgan fingerprint density at radius 2 is 1.96 bits per heavy atom. The maximum atomic E-state index is 12.7. The summed E-state index contributed by atoms with van der Waals surface area (Å²) >= 11 is 1.57. The summed E-state index contributed by atoms with van der Waals surface area (Å²) in [5.74, 6) is 1.07. The molecule has 0 spiro atoms. The predicted octanol–water partition coefficient (Wildman–Crippen LogP) is 3.34. The molecule has 1 aliphatic rings. The van der Waals surface area contributed by atoms with Crippen molar-refractivity contribution in [3.63, 3.8) is 0 Å². The third kappa shape index (κ3) is 4.66. The molecule has 2 amide bonds. The van der Waals surface area contributed by atoms with Crippen LogP contribution in [-0.4, -0.2) is 40.2 Å². The molecular weight excluding hydrogens is 350 g/mol. The number of amides is 2. The Kier molecular flexibility index (Phi) is 5.98. The lowest BCUT2D eigenvalue weighted by atomic mass is 9.95. The van der Waals surface area contributed by atoms with Crippen molar-refractivity contribution in [1.29, 1.82) is 0 Å². The van der Waals surface area contributed by atoms with Crippen LogP contribution in [0.2, 0.25) is 0 Å². The summed E-state index contributed by atoms with van der Waals surface area (Å²) in [4.78, 5) is 27.9. The molecule has 26 heavy (non-hydrogen) atoms. The Bertz CT molecular complexity index is 754. The van der Waals surface area contributed by atoms with Gasteiger partial charge < -0.3 is 14.7 Å². The topological polar surface area (TPSA) is 75.4 Å². The molecule has 2 heterocycles. The zero-order chi connectivity index (χ0) is 18.5. The van der Waals surface area contributed by atoms with Crippen molar-refractivity contribution < 1.29 is 14.1 Å². The van der Waals surface area contributed by atoms with Crippen LogP contribution in [0.5, 0.6) is 0 Å². The Labute approximate surface area is 157 Å². The number of nitrogens with zero attached hydrogens (tertiary/aromatic N) is 2. The molecule has 0 aliphatic carbocycles. The Morgan fingerprint density at radius 1 is 1.27 bits per heavy atom. The van der Waals surface area contributed by atoms with Gasteiger partial charge in [0.25, 0.3) is 0 Å². The number of anilines is 1. The van der Waals surface area contributed by atoms with Gasteiger partial charge in [0, 0.05) is 30.0 Å². The van der Waals surface area contributed by atoms with E-state index in [1.807, 2.05) is 42.2 Å². The summed E-state index contributed by atoms with van der Waals surface area (Å²) in [6, 6.07) is 11.6. The molecule has 0 bridgehead atoms. The standard InChI is InChI=1S/C19H23N3O3S/c1-13-12-17(21-25-13)20-18(23)15-8-10-22(11-9-15)19(24)14(2)26-16-6-4-3-5-7-16/h3-7,12,14-15H,8-11H2,1-2H3,(H,20,21,23). The number of carbonyl (C=O) groups is 2. The number of benzene rings is 1. The molecule has 1 aromatic heterocycles. The van der Waals surface area contributed by atoms with Gasteiger partial charge in [0.15, 0.2) is 5.82 Å². The van der Waals surface area contributed by atoms with E-state index >= 15 is 0 Å². The minimum absolute atomic E-state index is 0.0582. The van der Waals surface area contributed by atoms with E-state index in [2.05, 4.69) is 10.5 Å². The molecule has 1 atom stereocenters. The number of nitrogens with one attached hydrogen (secondary N) is 1. The number of hydrogen-bond donors (Lipinski definition) is 1. The molecule has 1 fully saturated rings. The van der Waals surface area contributed by atoms with Crippen molar-refractivity contribution in [3.05, 3.63) is 42.2 Å². The number of aryl methyl sites for hydroxylation is 1. The second kappa shape index (κ2) is 8.40. The fourth-order valence-electron chi connectivity index (χ4n) is 3.03. The van der Waals surface area contributed by atoms with Crippen molar-refractivity contribution in [3.8, 4) is 0 Å². The second-order valence-electron chi connectivity index (χ2n) is 6.48. The summed E-state index contributed by atoms with van der Waals surface area (Å²) < 4.78 is 4.96. The lowest BCUT2D eigenvalue weighted by Gasteiger charge is -2.32. The highest BCUT2D eigenvalue weighted by Crippen LogP contribution is 2.26. The summed E-state index contributed by atoms with van der Waals surface area (Å²) in [6.45, 7) is 4.93. The zero-order valence-electron chi connectivity index (χ0n) is 15.0. The first-order chi connectivity index (χ1) is 12.5. The van der Waals surface area contributed by atoms with Gasteiger partial charge in [-0.15, -0.1) is 11.8 Å². The number of piperidine rings is 1. The van der Waals surface area contributed by atoms with Gasteiger partial charge in [-0.05, 0) is 38.8 Å². The Balaban J connectivity index is 1.48. The van der Waals surface area contributed by atoms with Gasteiger partial charge in [-0.25, -0.2) is 0 Å². The molecule has 1 unspecified atom stereocenters. The van der Waals surface area contributed by atoms with Crippen LogP contribution in [0.3, 0.4) is 0 Å². The summed E-state index contributed by atoms with van der Waals surface area (Å²) in [6.07, 6.45) is 1.33. The van der Waals surface area contributed by atoms with E-state index in [1.165, 1.54) is 0 Å². The number of likely N-dealkylation sites (tertiary alicyclic amines) is 1. The highest BCUT2D eigenvalue weighted by molar-refractivity contribution is 8.00.